The van der Waals surface area contributed by atoms with E-state index >= 15 is 0 Å². The standard InChI is InChI=1S/C16H22N2O2/c1-4-12-10-13(18(3)17-12)11-20-16-9-7-6-8-14(16)15(19)5-2/h6-10,15,19H,4-5,11H2,1-3H3/t15-/m0/s1. The predicted octanol–water partition coefficient (Wildman–Crippen LogP) is 3.00. The summed E-state index contributed by atoms with van der Waals surface area (Å²) in [7, 11) is 1.92. The molecule has 108 valence electrons. The highest BCUT2D eigenvalue weighted by atomic mass is 16.5. The van der Waals surface area contributed by atoms with Gasteiger partial charge in [0.05, 0.1) is 17.5 Å². The molecule has 1 atom stereocenters. The van der Waals surface area contributed by atoms with Gasteiger partial charge in [0, 0.05) is 12.6 Å². The average Bonchev–Trinajstić information content (AvgIpc) is 2.85. The number of hydrogen-bond acceptors (Lipinski definition) is 3. The molecule has 0 aliphatic rings. The molecule has 1 heterocycles. The molecule has 0 bridgehead atoms. The third-order valence-corrected chi connectivity index (χ3v) is 3.43. The number of ether oxygens (including phenoxy) is 1. The van der Waals surface area contributed by atoms with Crippen LogP contribution in [0, 0.1) is 0 Å². The van der Waals surface area contributed by atoms with Crippen LogP contribution in [0.3, 0.4) is 0 Å². The molecule has 1 aromatic heterocycles. The minimum atomic E-state index is -0.482. The van der Waals surface area contributed by atoms with E-state index in [1.54, 1.807) is 0 Å². The maximum absolute atomic E-state index is 10.0. The van der Waals surface area contributed by atoms with Gasteiger partial charge in [-0.3, -0.25) is 4.68 Å². The normalized spacial score (nSPS) is 12.4. The lowest BCUT2D eigenvalue weighted by molar-refractivity contribution is 0.166. The summed E-state index contributed by atoms with van der Waals surface area (Å²) in [5.74, 6) is 0.737. The Morgan fingerprint density at radius 2 is 2.05 bits per heavy atom. The number of benzene rings is 1. The van der Waals surface area contributed by atoms with Crippen LogP contribution < -0.4 is 4.74 Å². The van der Waals surface area contributed by atoms with Crippen LogP contribution in [0.15, 0.2) is 30.3 Å². The molecule has 0 spiro atoms. The minimum absolute atomic E-state index is 0.455. The van der Waals surface area contributed by atoms with Gasteiger partial charge < -0.3 is 9.84 Å². The average molecular weight is 274 g/mol. The van der Waals surface area contributed by atoms with E-state index in [9.17, 15) is 5.11 Å². The van der Waals surface area contributed by atoms with Crippen LogP contribution >= 0.6 is 0 Å². The zero-order chi connectivity index (χ0) is 14.5. The van der Waals surface area contributed by atoms with Crippen LogP contribution in [0.5, 0.6) is 5.75 Å². The van der Waals surface area contributed by atoms with Crippen LogP contribution in [0.1, 0.15) is 43.3 Å². The molecule has 0 radical (unpaired) electrons. The van der Waals surface area contributed by atoms with E-state index < -0.39 is 6.10 Å². The number of aliphatic hydroxyl groups is 1. The van der Waals surface area contributed by atoms with Crippen LogP contribution in [0.4, 0.5) is 0 Å². The van der Waals surface area contributed by atoms with Crippen molar-refractivity contribution in [1.29, 1.82) is 0 Å². The summed E-state index contributed by atoms with van der Waals surface area (Å²) in [6, 6.07) is 9.69. The highest BCUT2D eigenvalue weighted by molar-refractivity contribution is 5.35. The molecular formula is C16H22N2O2. The number of hydrogen-bond donors (Lipinski definition) is 1. The van der Waals surface area contributed by atoms with Crippen LogP contribution in [0.2, 0.25) is 0 Å². The molecule has 0 aliphatic carbocycles. The van der Waals surface area contributed by atoms with E-state index in [0.717, 1.165) is 29.1 Å². The minimum Gasteiger partial charge on any atom is -0.487 e. The van der Waals surface area contributed by atoms with Gasteiger partial charge in [0.25, 0.3) is 0 Å². The number of aromatic nitrogens is 2. The Morgan fingerprint density at radius 3 is 2.70 bits per heavy atom. The van der Waals surface area contributed by atoms with E-state index in [1.165, 1.54) is 0 Å². The lowest BCUT2D eigenvalue weighted by Gasteiger charge is -2.14. The summed E-state index contributed by atoms with van der Waals surface area (Å²) in [5, 5.41) is 14.4. The number of nitrogens with zero attached hydrogens (tertiary/aromatic N) is 2. The fraction of sp³-hybridized carbons (Fsp3) is 0.438. The van der Waals surface area contributed by atoms with Crippen LogP contribution in [-0.4, -0.2) is 14.9 Å². The van der Waals surface area contributed by atoms with Crippen molar-refractivity contribution in [2.24, 2.45) is 7.05 Å². The fourth-order valence-corrected chi connectivity index (χ4v) is 2.14. The summed E-state index contributed by atoms with van der Waals surface area (Å²) in [5.41, 5.74) is 2.93. The molecule has 0 saturated heterocycles. The molecule has 0 saturated carbocycles. The molecule has 2 rings (SSSR count). The van der Waals surface area contributed by atoms with E-state index in [1.807, 2.05) is 42.9 Å². The van der Waals surface area contributed by atoms with E-state index in [4.69, 9.17) is 4.74 Å². The first-order chi connectivity index (χ1) is 9.65. The van der Waals surface area contributed by atoms with Crippen molar-refractivity contribution in [1.82, 2.24) is 9.78 Å². The molecule has 1 N–H and O–H groups in total. The Kier molecular flexibility index (Phi) is 4.79. The molecule has 2 aromatic rings. The van der Waals surface area contributed by atoms with Crippen LogP contribution in [-0.2, 0) is 20.1 Å². The maximum atomic E-state index is 10.0. The highest BCUT2D eigenvalue weighted by Crippen LogP contribution is 2.27. The van der Waals surface area contributed by atoms with Gasteiger partial charge in [-0.1, -0.05) is 32.0 Å². The number of aryl methyl sites for hydroxylation is 2. The Balaban J connectivity index is 2.12. The highest BCUT2D eigenvalue weighted by Gasteiger charge is 2.12. The largest absolute Gasteiger partial charge is 0.487 e. The van der Waals surface area contributed by atoms with Crippen molar-refractivity contribution in [2.45, 2.75) is 39.4 Å². The van der Waals surface area contributed by atoms with Crippen molar-refractivity contribution in [2.75, 3.05) is 0 Å². The molecule has 0 unspecified atom stereocenters. The second-order valence-corrected chi connectivity index (χ2v) is 4.85. The van der Waals surface area contributed by atoms with Gasteiger partial charge in [0.15, 0.2) is 0 Å². The monoisotopic (exact) mass is 274 g/mol. The first-order valence-corrected chi connectivity index (χ1v) is 7.07. The Morgan fingerprint density at radius 1 is 1.30 bits per heavy atom. The lowest BCUT2D eigenvalue weighted by Crippen LogP contribution is -2.05. The Bertz CT molecular complexity index is 563. The van der Waals surface area contributed by atoms with Gasteiger partial charge in [-0.15, -0.1) is 0 Å². The summed E-state index contributed by atoms with van der Waals surface area (Å²) in [4.78, 5) is 0. The van der Waals surface area contributed by atoms with Gasteiger partial charge in [0.1, 0.15) is 12.4 Å². The third-order valence-electron chi connectivity index (χ3n) is 3.43. The zero-order valence-corrected chi connectivity index (χ0v) is 12.3. The molecule has 0 amide bonds. The van der Waals surface area contributed by atoms with Crippen LogP contribution in [0.25, 0.3) is 0 Å². The molecule has 4 nitrogen and oxygen atoms in total. The SMILES string of the molecule is CCc1cc(COc2ccccc2[C@@H](O)CC)n(C)n1. The third kappa shape index (κ3) is 3.20. The van der Waals surface area contributed by atoms with Gasteiger partial charge in [0.2, 0.25) is 0 Å². The van der Waals surface area contributed by atoms with Gasteiger partial charge in [-0.2, -0.15) is 5.10 Å². The van der Waals surface area contributed by atoms with Crippen molar-refractivity contribution >= 4 is 0 Å². The second kappa shape index (κ2) is 6.57. The summed E-state index contributed by atoms with van der Waals surface area (Å²) >= 11 is 0. The number of rotatable bonds is 6. The smallest absolute Gasteiger partial charge is 0.130 e. The molecule has 20 heavy (non-hydrogen) atoms. The number of para-hydroxylation sites is 1. The van der Waals surface area contributed by atoms with Gasteiger partial charge >= 0.3 is 0 Å². The van der Waals surface area contributed by atoms with Crippen molar-refractivity contribution in [3.05, 3.63) is 47.3 Å². The van der Waals surface area contributed by atoms with Gasteiger partial charge in [-0.25, -0.2) is 0 Å². The Labute approximate surface area is 120 Å². The molecule has 0 fully saturated rings. The van der Waals surface area contributed by atoms with E-state index in [0.29, 0.717) is 13.0 Å². The molecule has 0 aliphatic heterocycles. The fourth-order valence-electron chi connectivity index (χ4n) is 2.14. The number of aliphatic hydroxyl groups excluding tert-OH is 1. The zero-order valence-electron chi connectivity index (χ0n) is 12.3. The summed E-state index contributed by atoms with van der Waals surface area (Å²) < 4.78 is 7.71. The second-order valence-electron chi connectivity index (χ2n) is 4.85. The Hall–Kier alpha value is -1.81. The topological polar surface area (TPSA) is 47.3 Å². The van der Waals surface area contributed by atoms with Crippen molar-refractivity contribution in [3.63, 3.8) is 0 Å². The lowest BCUT2D eigenvalue weighted by atomic mass is 10.1. The van der Waals surface area contributed by atoms with Crippen molar-refractivity contribution < 1.29 is 9.84 Å². The first kappa shape index (κ1) is 14.6. The van der Waals surface area contributed by atoms with Gasteiger partial charge in [-0.05, 0) is 25.0 Å². The van der Waals surface area contributed by atoms with E-state index in [-0.39, 0.29) is 0 Å². The molecule has 4 heteroatoms. The van der Waals surface area contributed by atoms with E-state index in [2.05, 4.69) is 18.1 Å². The predicted molar refractivity (Wildman–Crippen MR) is 78.6 cm³/mol. The molecular weight excluding hydrogens is 252 g/mol. The van der Waals surface area contributed by atoms with Crippen molar-refractivity contribution in [3.8, 4) is 5.75 Å². The summed E-state index contributed by atoms with van der Waals surface area (Å²) in [6.07, 6.45) is 1.11. The first-order valence-electron chi connectivity index (χ1n) is 7.07. The summed E-state index contributed by atoms with van der Waals surface area (Å²) in [6.45, 7) is 4.49. The maximum Gasteiger partial charge on any atom is 0.130 e. The molecule has 1 aromatic carbocycles. The quantitative estimate of drug-likeness (QED) is 0.881.